The van der Waals surface area contributed by atoms with Crippen molar-refractivity contribution in [2.75, 3.05) is 19.0 Å². The average molecular weight is 452 g/mol. The first-order valence-corrected chi connectivity index (χ1v) is 11.3. The Labute approximate surface area is 193 Å². The van der Waals surface area contributed by atoms with E-state index in [9.17, 15) is 14.5 Å². The molecule has 2 aromatic carbocycles. The van der Waals surface area contributed by atoms with Crippen molar-refractivity contribution in [2.45, 2.75) is 51.7 Å². The van der Waals surface area contributed by atoms with Gasteiger partial charge < -0.3 is 19.7 Å². The van der Waals surface area contributed by atoms with Crippen molar-refractivity contribution >= 4 is 17.5 Å². The van der Waals surface area contributed by atoms with Crippen LogP contribution in [0.3, 0.4) is 0 Å². The number of benzene rings is 2. The van der Waals surface area contributed by atoms with E-state index in [0.717, 1.165) is 24.0 Å². The van der Waals surface area contributed by atoms with E-state index >= 15 is 0 Å². The molecule has 1 aliphatic carbocycles. The van der Waals surface area contributed by atoms with E-state index in [1.807, 2.05) is 31.2 Å². The Morgan fingerprint density at radius 2 is 2.03 bits per heavy atom. The number of anilines is 1. The lowest BCUT2D eigenvalue weighted by molar-refractivity contribution is -0.117. The lowest BCUT2D eigenvalue weighted by Crippen LogP contribution is -2.31. The van der Waals surface area contributed by atoms with Gasteiger partial charge in [-0.05, 0) is 62.4 Å². The molecule has 1 heterocycles. The van der Waals surface area contributed by atoms with Crippen LogP contribution < -0.4 is 14.8 Å². The molecule has 174 valence electrons. The standard InChI is InChI=1S/C25H29N3O5/c1-4-33-22-13-17(10-11-21(22)32-3)20(12-15(2)27-31)28-14-18-6-5-7-19(23(18)25(28)30)26-24(29)16-8-9-16/h5-7,10-11,13,15-16,20H,4,8-9,12,14H2,1-3H3,(H,26,29)/t15?,20-/m1/s1. The molecular formula is C25H29N3O5. The van der Waals surface area contributed by atoms with Crippen LogP contribution in [0.1, 0.15) is 60.6 Å². The molecule has 1 aliphatic heterocycles. The van der Waals surface area contributed by atoms with Crippen molar-refractivity contribution in [1.29, 1.82) is 0 Å². The molecule has 8 nitrogen and oxygen atoms in total. The van der Waals surface area contributed by atoms with Crippen molar-refractivity contribution in [1.82, 2.24) is 4.90 Å². The molecular weight excluding hydrogens is 422 g/mol. The predicted molar refractivity (Wildman–Crippen MR) is 124 cm³/mol. The van der Waals surface area contributed by atoms with Gasteiger partial charge in [0.2, 0.25) is 5.91 Å². The fourth-order valence-corrected chi connectivity index (χ4v) is 4.30. The third-order valence-corrected chi connectivity index (χ3v) is 6.17. The number of carbonyl (C=O) groups excluding carboxylic acids is 2. The molecule has 1 fully saturated rings. The number of hydrogen-bond acceptors (Lipinski definition) is 6. The molecule has 2 atom stereocenters. The second kappa shape index (κ2) is 9.60. The predicted octanol–water partition coefficient (Wildman–Crippen LogP) is 4.68. The van der Waals surface area contributed by atoms with E-state index < -0.39 is 12.1 Å². The van der Waals surface area contributed by atoms with Gasteiger partial charge in [0.05, 0.1) is 37.1 Å². The molecule has 0 bridgehead atoms. The van der Waals surface area contributed by atoms with Crippen LogP contribution in [0.15, 0.2) is 41.6 Å². The van der Waals surface area contributed by atoms with Gasteiger partial charge in [0, 0.05) is 12.5 Å². The molecule has 2 amide bonds. The largest absolute Gasteiger partial charge is 0.493 e. The molecule has 1 unspecified atom stereocenters. The number of hydrogen-bond donors (Lipinski definition) is 1. The molecule has 4 rings (SSSR count). The maximum Gasteiger partial charge on any atom is 0.257 e. The normalized spacial score (nSPS) is 16.7. The van der Waals surface area contributed by atoms with Crippen molar-refractivity contribution < 1.29 is 19.1 Å². The first-order valence-electron chi connectivity index (χ1n) is 11.3. The molecule has 2 aliphatic rings. The maximum atomic E-state index is 13.6. The number of carbonyl (C=O) groups is 2. The number of nitrogens with one attached hydrogen (secondary N) is 1. The molecule has 0 radical (unpaired) electrons. The summed E-state index contributed by atoms with van der Waals surface area (Å²) in [4.78, 5) is 39.0. The molecule has 33 heavy (non-hydrogen) atoms. The van der Waals surface area contributed by atoms with Crippen LogP contribution in [0, 0.1) is 10.8 Å². The van der Waals surface area contributed by atoms with Gasteiger partial charge in [0.25, 0.3) is 5.91 Å². The molecule has 1 N–H and O–H groups in total. The van der Waals surface area contributed by atoms with Crippen LogP contribution in [0.2, 0.25) is 0 Å². The minimum absolute atomic E-state index is 0.0389. The van der Waals surface area contributed by atoms with Gasteiger partial charge in [0.1, 0.15) is 0 Å². The lowest BCUT2D eigenvalue weighted by Gasteiger charge is -2.29. The van der Waals surface area contributed by atoms with Crippen LogP contribution >= 0.6 is 0 Å². The summed E-state index contributed by atoms with van der Waals surface area (Å²) >= 11 is 0. The lowest BCUT2D eigenvalue weighted by atomic mass is 9.98. The van der Waals surface area contributed by atoms with E-state index in [1.165, 1.54) is 0 Å². The van der Waals surface area contributed by atoms with Crippen molar-refractivity contribution in [3.8, 4) is 11.5 Å². The number of rotatable bonds is 10. The van der Waals surface area contributed by atoms with Crippen LogP contribution in [0.5, 0.6) is 11.5 Å². The molecule has 2 aromatic rings. The first-order chi connectivity index (χ1) is 16.0. The maximum absolute atomic E-state index is 13.6. The smallest absolute Gasteiger partial charge is 0.257 e. The monoisotopic (exact) mass is 451 g/mol. The molecule has 1 saturated carbocycles. The highest BCUT2D eigenvalue weighted by Crippen LogP contribution is 2.40. The van der Waals surface area contributed by atoms with E-state index in [4.69, 9.17) is 9.47 Å². The highest BCUT2D eigenvalue weighted by atomic mass is 16.5. The Kier molecular flexibility index (Phi) is 6.62. The van der Waals surface area contributed by atoms with Gasteiger partial charge in [-0.3, -0.25) is 9.59 Å². The van der Waals surface area contributed by atoms with Crippen molar-refractivity contribution in [3.63, 3.8) is 0 Å². The second-order valence-corrected chi connectivity index (χ2v) is 8.59. The average Bonchev–Trinajstić information content (AvgIpc) is 3.62. The van der Waals surface area contributed by atoms with Crippen LogP contribution in [0.4, 0.5) is 5.69 Å². The number of nitroso groups, excluding NO2 is 1. The summed E-state index contributed by atoms with van der Waals surface area (Å²) in [5, 5.41) is 6.11. The Morgan fingerprint density at radius 3 is 2.70 bits per heavy atom. The molecule has 8 heteroatoms. The van der Waals surface area contributed by atoms with Gasteiger partial charge in [-0.2, -0.15) is 4.91 Å². The molecule has 0 aromatic heterocycles. The second-order valence-electron chi connectivity index (χ2n) is 8.59. The van der Waals surface area contributed by atoms with Gasteiger partial charge in [-0.15, -0.1) is 0 Å². The summed E-state index contributed by atoms with van der Waals surface area (Å²) in [6, 6.07) is 10.2. The minimum Gasteiger partial charge on any atom is -0.493 e. The highest BCUT2D eigenvalue weighted by Gasteiger charge is 2.37. The Hall–Kier alpha value is -3.42. The Balaban J connectivity index is 1.68. The number of nitrogens with zero attached hydrogens (tertiary/aromatic N) is 2. The van der Waals surface area contributed by atoms with Crippen molar-refractivity contribution in [3.05, 3.63) is 58.0 Å². The third-order valence-electron chi connectivity index (χ3n) is 6.17. The van der Waals surface area contributed by atoms with Crippen LogP contribution in [-0.4, -0.2) is 36.5 Å². The zero-order valence-electron chi connectivity index (χ0n) is 19.2. The molecule has 0 saturated heterocycles. The van der Waals surface area contributed by atoms with Gasteiger partial charge in [-0.1, -0.05) is 23.4 Å². The van der Waals surface area contributed by atoms with Crippen LogP contribution in [-0.2, 0) is 11.3 Å². The topological polar surface area (TPSA) is 97.3 Å². The summed E-state index contributed by atoms with van der Waals surface area (Å²) in [6.07, 6.45) is 2.14. The number of ether oxygens (including phenoxy) is 2. The van der Waals surface area contributed by atoms with Crippen molar-refractivity contribution in [2.24, 2.45) is 11.1 Å². The SMILES string of the molecule is CCOc1cc([C@@H](CC(C)N=O)N2Cc3cccc(NC(=O)C4CC4)c3C2=O)ccc1OC. The van der Waals surface area contributed by atoms with E-state index in [2.05, 4.69) is 10.5 Å². The molecule has 0 spiro atoms. The Morgan fingerprint density at radius 1 is 1.24 bits per heavy atom. The minimum atomic E-state index is -0.488. The van der Waals surface area contributed by atoms with Gasteiger partial charge in [-0.25, -0.2) is 0 Å². The third kappa shape index (κ3) is 4.69. The summed E-state index contributed by atoms with van der Waals surface area (Å²) in [5.74, 6) is 1.00. The number of methoxy groups -OCH3 is 1. The van der Waals surface area contributed by atoms with Crippen LogP contribution in [0.25, 0.3) is 0 Å². The zero-order chi connectivity index (χ0) is 23.5. The fraction of sp³-hybridized carbons (Fsp3) is 0.440. The summed E-state index contributed by atoms with van der Waals surface area (Å²) in [6.45, 7) is 4.48. The first kappa shape index (κ1) is 22.8. The number of fused-ring (bicyclic) bond motifs is 1. The van der Waals surface area contributed by atoms with Gasteiger partial charge in [0.15, 0.2) is 11.5 Å². The summed E-state index contributed by atoms with van der Waals surface area (Å²) in [5.41, 5.74) is 2.74. The summed E-state index contributed by atoms with van der Waals surface area (Å²) < 4.78 is 11.1. The van der Waals surface area contributed by atoms with E-state index in [0.29, 0.717) is 42.3 Å². The summed E-state index contributed by atoms with van der Waals surface area (Å²) in [7, 11) is 1.57. The number of amides is 2. The van der Waals surface area contributed by atoms with E-state index in [-0.39, 0.29) is 17.7 Å². The zero-order valence-corrected chi connectivity index (χ0v) is 19.2. The Bertz CT molecular complexity index is 1070. The van der Waals surface area contributed by atoms with Gasteiger partial charge >= 0.3 is 0 Å². The van der Waals surface area contributed by atoms with E-state index in [1.54, 1.807) is 31.1 Å². The fourth-order valence-electron chi connectivity index (χ4n) is 4.30. The quantitative estimate of drug-likeness (QED) is 0.529. The highest BCUT2D eigenvalue weighted by molar-refractivity contribution is 6.07.